The van der Waals surface area contributed by atoms with Crippen molar-refractivity contribution in [1.29, 1.82) is 0 Å². The topological polar surface area (TPSA) is 83.9 Å². The van der Waals surface area contributed by atoms with Gasteiger partial charge >= 0.3 is 6.18 Å². The van der Waals surface area contributed by atoms with Crippen molar-refractivity contribution in [3.05, 3.63) is 29.1 Å². The Morgan fingerprint density at radius 2 is 1.97 bits per heavy atom. The van der Waals surface area contributed by atoms with Crippen molar-refractivity contribution in [3.63, 3.8) is 0 Å². The van der Waals surface area contributed by atoms with Crippen LogP contribution < -0.4 is 5.32 Å². The highest BCUT2D eigenvalue weighted by Gasteiger charge is 2.37. The first-order valence-corrected chi connectivity index (χ1v) is 14.5. The number of carbonyl (C=O) groups excluding carboxylic acids is 1. The number of rotatable bonds is 5. The second-order valence-electron chi connectivity index (χ2n) is 11.6. The fourth-order valence-electron chi connectivity index (χ4n) is 6.44. The number of amides is 1. The molecule has 1 aromatic rings. The molecule has 0 bridgehead atoms. The van der Waals surface area contributed by atoms with Gasteiger partial charge in [0.2, 0.25) is 5.91 Å². The van der Waals surface area contributed by atoms with Gasteiger partial charge in [0.15, 0.2) is 0 Å². The van der Waals surface area contributed by atoms with Gasteiger partial charge in [-0.15, -0.1) is 0 Å². The van der Waals surface area contributed by atoms with Gasteiger partial charge in [0.1, 0.15) is 0 Å². The van der Waals surface area contributed by atoms with Crippen LogP contribution in [0.25, 0.3) is 0 Å². The van der Waals surface area contributed by atoms with Gasteiger partial charge in [-0.05, 0) is 63.0 Å². The van der Waals surface area contributed by atoms with Crippen molar-refractivity contribution in [2.24, 2.45) is 11.8 Å². The van der Waals surface area contributed by atoms with Crippen LogP contribution in [0.5, 0.6) is 0 Å². The fourth-order valence-corrected chi connectivity index (χ4v) is 6.44. The maximum absolute atomic E-state index is 13.1. The summed E-state index contributed by atoms with van der Waals surface area (Å²) in [5.41, 5.74) is 0.398. The smallest absolute Gasteiger partial charge is 0.393 e. The number of nitrogens with one attached hydrogen (secondary N) is 1. The molecule has 7 nitrogen and oxygen atoms in total. The first-order chi connectivity index (χ1) is 18.7. The van der Waals surface area contributed by atoms with E-state index in [0.717, 1.165) is 37.9 Å². The molecule has 2 aliphatic carbocycles. The molecule has 0 spiro atoms. The number of methoxy groups -OCH3 is 1. The Bertz CT molecular complexity index is 939. The van der Waals surface area contributed by atoms with E-state index >= 15 is 0 Å². The van der Waals surface area contributed by atoms with Crippen LogP contribution in [0.4, 0.5) is 13.2 Å². The summed E-state index contributed by atoms with van der Waals surface area (Å²) in [6.07, 6.45) is 6.76. The zero-order valence-corrected chi connectivity index (χ0v) is 23.2. The van der Waals surface area contributed by atoms with E-state index in [-0.39, 0.29) is 42.7 Å². The summed E-state index contributed by atoms with van der Waals surface area (Å²) in [7, 11) is 1.68. The lowest BCUT2D eigenvalue weighted by Crippen LogP contribution is -2.50. The van der Waals surface area contributed by atoms with Crippen molar-refractivity contribution >= 4 is 5.91 Å². The number of hydrogen-bond acceptors (Lipinski definition) is 6. The molecule has 39 heavy (non-hydrogen) atoms. The van der Waals surface area contributed by atoms with Crippen molar-refractivity contribution in [3.8, 4) is 0 Å². The van der Waals surface area contributed by atoms with E-state index in [1.165, 1.54) is 32.1 Å². The van der Waals surface area contributed by atoms with Gasteiger partial charge < -0.3 is 24.8 Å². The van der Waals surface area contributed by atoms with Crippen molar-refractivity contribution in [1.82, 2.24) is 15.2 Å². The summed E-state index contributed by atoms with van der Waals surface area (Å²) < 4.78 is 50.0. The van der Waals surface area contributed by atoms with Crippen LogP contribution in [0.2, 0.25) is 0 Å². The number of aromatic nitrogens is 1. The lowest BCUT2D eigenvalue weighted by atomic mass is 9.86. The van der Waals surface area contributed by atoms with Crippen LogP contribution in [-0.2, 0) is 33.4 Å². The molecule has 0 radical (unpaired) electrons. The van der Waals surface area contributed by atoms with Crippen LogP contribution in [0, 0.1) is 11.8 Å². The number of fused-ring (bicyclic) bond motifs is 1. The first-order valence-electron chi connectivity index (χ1n) is 14.5. The number of halogens is 3. The minimum atomic E-state index is -4.43. The SMILES string of the molecule is CC(O)C1CCCCC1.COC1COCCC1NC1CCC(C(=O)N2CCc3ncc(C(F)(F)F)cc3C2)C1. The van der Waals surface area contributed by atoms with Gasteiger partial charge in [-0.1, -0.05) is 19.3 Å². The van der Waals surface area contributed by atoms with E-state index in [0.29, 0.717) is 43.4 Å². The number of hydrogen-bond donors (Lipinski definition) is 2. The predicted molar refractivity (Wildman–Crippen MR) is 141 cm³/mol. The van der Waals surface area contributed by atoms with Crippen LogP contribution in [-0.4, -0.2) is 72.1 Å². The number of aliphatic hydroxyl groups excluding tert-OH is 1. The van der Waals surface area contributed by atoms with E-state index < -0.39 is 11.7 Å². The van der Waals surface area contributed by atoms with Crippen molar-refractivity contribution < 1.29 is 32.5 Å². The Hall–Kier alpha value is -1.75. The number of pyridine rings is 1. The van der Waals surface area contributed by atoms with Crippen molar-refractivity contribution in [2.75, 3.05) is 26.9 Å². The second-order valence-corrected chi connectivity index (χ2v) is 11.6. The summed E-state index contributed by atoms with van der Waals surface area (Å²) in [6, 6.07) is 1.60. The van der Waals surface area contributed by atoms with E-state index in [2.05, 4.69) is 10.3 Å². The molecule has 2 saturated carbocycles. The van der Waals surface area contributed by atoms with Gasteiger partial charge in [0, 0.05) is 63.1 Å². The molecule has 0 aromatic carbocycles. The minimum absolute atomic E-state index is 0.0161. The number of ether oxygens (including phenoxy) is 2. The molecule has 1 aromatic heterocycles. The van der Waals surface area contributed by atoms with E-state index in [9.17, 15) is 23.1 Å². The molecule has 5 unspecified atom stereocenters. The molecule has 2 aliphatic heterocycles. The Kier molecular flexibility index (Phi) is 10.6. The summed E-state index contributed by atoms with van der Waals surface area (Å²) in [5, 5.41) is 12.8. The molecular weight excluding hydrogens is 511 g/mol. The van der Waals surface area contributed by atoms with Crippen LogP contribution >= 0.6 is 0 Å². The Morgan fingerprint density at radius 1 is 1.21 bits per heavy atom. The van der Waals surface area contributed by atoms with Gasteiger partial charge in [-0.2, -0.15) is 13.2 Å². The van der Waals surface area contributed by atoms with E-state index in [4.69, 9.17) is 9.47 Å². The van der Waals surface area contributed by atoms with Gasteiger partial charge in [-0.25, -0.2) is 0 Å². The largest absolute Gasteiger partial charge is 0.417 e. The molecule has 5 rings (SSSR count). The summed E-state index contributed by atoms with van der Waals surface area (Å²) in [6.45, 7) is 3.89. The third kappa shape index (κ3) is 8.15. The molecular formula is C29H44F3N3O4. The number of alkyl halides is 3. The molecule has 10 heteroatoms. The van der Waals surface area contributed by atoms with Gasteiger partial charge in [0.25, 0.3) is 0 Å². The quantitative estimate of drug-likeness (QED) is 0.557. The second kappa shape index (κ2) is 13.7. The highest BCUT2D eigenvalue weighted by molar-refractivity contribution is 5.79. The molecule has 220 valence electrons. The highest BCUT2D eigenvalue weighted by Crippen LogP contribution is 2.33. The van der Waals surface area contributed by atoms with Gasteiger partial charge in [0.05, 0.1) is 24.4 Å². The molecule has 4 aliphatic rings. The highest BCUT2D eigenvalue weighted by atomic mass is 19.4. The van der Waals surface area contributed by atoms with Crippen LogP contribution in [0.1, 0.15) is 81.5 Å². The van der Waals surface area contributed by atoms with E-state index in [1.807, 2.05) is 6.92 Å². The normalized spacial score (nSPS) is 28.8. The first kappa shape index (κ1) is 30.2. The number of carbonyl (C=O) groups is 1. The Labute approximate surface area is 229 Å². The lowest BCUT2D eigenvalue weighted by Gasteiger charge is -2.33. The van der Waals surface area contributed by atoms with Crippen LogP contribution in [0.3, 0.4) is 0 Å². The molecule has 5 atom stereocenters. The molecule has 1 saturated heterocycles. The summed E-state index contributed by atoms with van der Waals surface area (Å²) in [5.74, 6) is 0.556. The molecule has 3 fully saturated rings. The minimum Gasteiger partial charge on any atom is -0.393 e. The summed E-state index contributed by atoms with van der Waals surface area (Å²) >= 11 is 0. The third-order valence-electron chi connectivity index (χ3n) is 8.85. The van der Waals surface area contributed by atoms with Crippen molar-refractivity contribution in [2.45, 2.75) is 108 Å². The average molecular weight is 556 g/mol. The Morgan fingerprint density at radius 3 is 2.64 bits per heavy atom. The van der Waals surface area contributed by atoms with Gasteiger partial charge in [-0.3, -0.25) is 9.78 Å². The average Bonchev–Trinajstić information content (AvgIpc) is 3.41. The molecule has 1 amide bonds. The maximum Gasteiger partial charge on any atom is 0.417 e. The fraction of sp³-hybridized carbons (Fsp3) is 0.793. The summed E-state index contributed by atoms with van der Waals surface area (Å²) in [4.78, 5) is 18.7. The lowest BCUT2D eigenvalue weighted by molar-refractivity contribution is -0.138. The maximum atomic E-state index is 13.1. The Balaban J connectivity index is 0.000000333. The molecule has 2 N–H and O–H groups in total. The third-order valence-corrected chi connectivity index (χ3v) is 8.85. The zero-order valence-electron chi connectivity index (χ0n) is 23.2. The number of nitrogens with zero attached hydrogens (tertiary/aromatic N) is 2. The molecule has 3 heterocycles. The van der Waals surface area contributed by atoms with Crippen LogP contribution in [0.15, 0.2) is 12.3 Å². The monoisotopic (exact) mass is 555 g/mol. The number of aliphatic hydroxyl groups is 1. The zero-order chi connectivity index (χ0) is 28.0. The standard InChI is InChI=1S/C21H28F3N3O3.C8H16O/c1-29-19-12-30-7-5-18(19)26-16-3-2-13(9-16)20(28)27-6-4-17-14(11-27)8-15(10-25-17)21(22,23)24;1-7(9)8-5-3-2-4-6-8/h8,10,13,16,18-19,26H,2-7,9,11-12H2,1H3;7-9H,2-6H2,1H3. The predicted octanol–water partition coefficient (Wildman–Crippen LogP) is 4.49. The van der Waals surface area contributed by atoms with E-state index in [1.54, 1.807) is 12.0 Å².